The SMILES string of the molecule is CSc1nc2c3c(c(C(F)(F)F)c(-c4ccc(F)c5sc(NC(=O)OC(C)(C)C)c(C#N)c45)c(F)c3n1)OCCN2[C@H](C)c1cccnc1N(C(=O)OC(C)(C)C)C(=O)OC(C)(C)C. The number of imide groups is 1. The lowest BCUT2D eigenvalue weighted by molar-refractivity contribution is -0.138. The number of hydrogen-bond donors (Lipinski definition) is 1. The molecule has 0 saturated heterocycles. The summed E-state index contributed by atoms with van der Waals surface area (Å²) in [6.07, 6.45) is -5.72. The highest BCUT2D eigenvalue weighted by molar-refractivity contribution is 7.98. The second-order valence-electron chi connectivity index (χ2n) is 17.4. The Labute approximate surface area is 373 Å². The highest BCUT2D eigenvalue weighted by Crippen LogP contribution is 2.54. The minimum atomic E-state index is -5.35. The van der Waals surface area contributed by atoms with Crippen molar-refractivity contribution in [1.82, 2.24) is 15.0 Å². The molecule has 4 heterocycles. The predicted octanol–water partition coefficient (Wildman–Crippen LogP) is 11.8. The molecule has 0 fully saturated rings. The number of halogens is 5. The number of anilines is 3. The number of alkyl halides is 3. The topological polar surface area (TPSA) is 169 Å². The Hall–Kier alpha value is -6.01. The van der Waals surface area contributed by atoms with Crippen molar-refractivity contribution in [3.8, 4) is 22.9 Å². The summed E-state index contributed by atoms with van der Waals surface area (Å²) in [6, 6.07) is 5.67. The quantitative estimate of drug-likeness (QED) is 0.0739. The van der Waals surface area contributed by atoms with E-state index in [0.29, 0.717) is 16.2 Å². The lowest BCUT2D eigenvalue weighted by atomic mass is 9.91. The number of thiophene rings is 1. The first-order valence-corrected chi connectivity index (χ1v) is 21.6. The third-order valence-electron chi connectivity index (χ3n) is 9.20. The van der Waals surface area contributed by atoms with Gasteiger partial charge in [-0.2, -0.15) is 23.3 Å². The van der Waals surface area contributed by atoms with Gasteiger partial charge in [0, 0.05) is 22.7 Å². The van der Waals surface area contributed by atoms with Crippen LogP contribution in [0.1, 0.15) is 92.0 Å². The van der Waals surface area contributed by atoms with Gasteiger partial charge in [0.25, 0.3) is 0 Å². The van der Waals surface area contributed by atoms with E-state index in [-0.39, 0.29) is 38.6 Å². The van der Waals surface area contributed by atoms with E-state index < -0.39 is 110 Å². The van der Waals surface area contributed by atoms with Crippen molar-refractivity contribution < 1.29 is 55.3 Å². The van der Waals surface area contributed by atoms with Crippen molar-refractivity contribution in [3.05, 3.63) is 58.8 Å². The molecular weight excluding hydrogens is 886 g/mol. The van der Waals surface area contributed by atoms with Gasteiger partial charge < -0.3 is 23.8 Å². The molecule has 340 valence electrons. The molecule has 0 bridgehead atoms. The zero-order valence-electron chi connectivity index (χ0n) is 36.6. The van der Waals surface area contributed by atoms with E-state index >= 15 is 22.0 Å². The molecule has 0 radical (unpaired) electrons. The molecule has 1 aliphatic heterocycles. The molecule has 21 heteroatoms. The van der Waals surface area contributed by atoms with Gasteiger partial charge in [0.2, 0.25) is 0 Å². The Morgan fingerprint density at radius 3 is 2.14 bits per heavy atom. The van der Waals surface area contributed by atoms with Gasteiger partial charge in [-0.3, -0.25) is 5.32 Å². The van der Waals surface area contributed by atoms with Crippen molar-refractivity contribution >= 4 is 79.0 Å². The number of thioether (sulfide) groups is 1. The van der Waals surface area contributed by atoms with Crippen molar-refractivity contribution in [1.29, 1.82) is 5.26 Å². The normalized spacial score (nSPS) is 13.8. The first-order valence-electron chi connectivity index (χ1n) is 19.6. The number of carbonyl (C=O) groups is 3. The second-order valence-corrected chi connectivity index (χ2v) is 19.2. The van der Waals surface area contributed by atoms with Crippen molar-refractivity contribution in [2.45, 2.75) is 103 Å². The maximum Gasteiger partial charge on any atom is 0.425 e. The minimum Gasteiger partial charge on any atom is -0.490 e. The summed E-state index contributed by atoms with van der Waals surface area (Å²) in [5, 5.41) is 11.5. The molecule has 3 aromatic heterocycles. The summed E-state index contributed by atoms with van der Waals surface area (Å²) in [5.41, 5.74) is -7.17. The van der Waals surface area contributed by atoms with Gasteiger partial charge >= 0.3 is 24.5 Å². The summed E-state index contributed by atoms with van der Waals surface area (Å²) in [5.74, 6) is -3.70. The van der Waals surface area contributed by atoms with Crippen molar-refractivity contribution in [3.63, 3.8) is 0 Å². The third kappa shape index (κ3) is 9.57. The second kappa shape index (κ2) is 17.2. The van der Waals surface area contributed by atoms with Crippen LogP contribution in [0.5, 0.6) is 5.75 Å². The molecule has 1 N–H and O–H groups in total. The number of nitriles is 1. The standard InChI is InChI=1S/C43H44F5N7O7S2/c1-20(21-13-12-16-50-33(21)55(38(57)61-41(5,6)7)39(58)62-42(8,9)10)54-17-18-59-31-27-30(51-36(63-11)52-34(27)54)29(45)26(28(31)43(46,47)48)22-14-15-24(44)32-25(22)23(19-49)35(64-32)53-37(56)60-40(2,3)4/h12-16,20H,17-18H2,1-11H3,(H,53,56)/t20-/m1/s1. The highest BCUT2D eigenvalue weighted by Gasteiger charge is 2.45. The fourth-order valence-corrected chi connectivity index (χ4v) is 8.31. The molecule has 2 aromatic carbocycles. The van der Waals surface area contributed by atoms with Crippen LogP contribution in [0.3, 0.4) is 0 Å². The first kappa shape index (κ1) is 47.5. The van der Waals surface area contributed by atoms with Crippen LogP contribution in [0.15, 0.2) is 35.6 Å². The molecule has 0 aliphatic carbocycles. The molecule has 1 aliphatic rings. The number of nitrogens with zero attached hydrogens (tertiary/aromatic N) is 6. The smallest absolute Gasteiger partial charge is 0.425 e. The molecule has 6 rings (SSSR count). The van der Waals surface area contributed by atoms with Crippen LogP contribution < -0.4 is 19.9 Å². The number of benzene rings is 2. The van der Waals surface area contributed by atoms with E-state index in [9.17, 15) is 19.6 Å². The minimum absolute atomic E-state index is 0.0611. The van der Waals surface area contributed by atoms with Gasteiger partial charge in [-0.1, -0.05) is 23.9 Å². The Kier molecular flexibility index (Phi) is 12.7. The van der Waals surface area contributed by atoms with Crippen LogP contribution in [0.4, 0.5) is 53.0 Å². The van der Waals surface area contributed by atoms with Crippen molar-refractivity contribution in [2.24, 2.45) is 0 Å². The number of carbonyl (C=O) groups excluding carboxylic acids is 3. The average molecular weight is 930 g/mol. The lowest BCUT2D eigenvalue weighted by Crippen LogP contribution is -2.45. The molecule has 0 unspecified atom stereocenters. The summed E-state index contributed by atoms with van der Waals surface area (Å²) < 4.78 is 102. The molecule has 64 heavy (non-hydrogen) atoms. The van der Waals surface area contributed by atoms with Crippen LogP contribution >= 0.6 is 23.1 Å². The van der Waals surface area contributed by atoms with Crippen molar-refractivity contribution in [2.75, 3.05) is 34.5 Å². The number of ether oxygens (including phenoxy) is 4. The fraction of sp³-hybridized carbons (Fsp3) is 0.419. The van der Waals surface area contributed by atoms with Gasteiger partial charge in [0.15, 0.2) is 16.8 Å². The third-order valence-corrected chi connectivity index (χ3v) is 10.9. The summed E-state index contributed by atoms with van der Waals surface area (Å²) in [4.78, 5) is 55.7. The number of rotatable bonds is 6. The van der Waals surface area contributed by atoms with Crippen LogP contribution in [0, 0.1) is 23.0 Å². The molecule has 3 amide bonds. The maximum atomic E-state index is 17.6. The van der Waals surface area contributed by atoms with Gasteiger partial charge in [-0.05, 0) is 93.2 Å². The molecule has 0 spiro atoms. The molecule has 14 nitrogen and oxygen atoms in total. The zero-order chi connectivity index (χ0) is 47.4. The van der Waals surface area contributed by atoms with E-state index in [2.05, 4.69) is 20.3 Å². The Morgan fingerprint density at radius 2 is 1.58 bits per heavy atom. The largest absolute Gasteiger partial charge is 0.490 e. The number of hydrogen-bond acceptors (Lipinski definition) is 14. The summed E-state index contributed by atoms with van der Waals surface area (Å²) >= 11 is 1.53. The maximum absolute atomic E-state index is 17.6. The monoisotopic (exact) mass is 929 g/mol. The van der Waals surface area contributed by atoms with Gasteiger partial charge in [-0.25, -0.2) is 38.1 Å². The molecular formula is C43H44F5N7O7S2. The number of fused-ring (bicyclic) bond motifs is 1. The van der Waals surface area contributed by atoms with Crippen LogP contribution in [0.2, 0.25) is 0 Å². The Bertz CT molecular complexity index is 2710. The van der Waals surface area contributed by atoms with E-state index in [1.54, 1.807) is 81.6 Å². The van der Waals surface area contributed by atoms with Gasteiger partial charge in [-0.15, -0.1) is 11.3 Å². The van der Waals surface area contributed by atoms with Gasteiger partial charge in [0.1, 0.15) is 62.9 Å². The summed E-state index contributed by atoms with van der Waals surface area (Å²) in [6.45, 7) is 15.3. The van der Waals surface area contributed by atoms with Crippen LogP contribution in [-0.4, -0.2) is 69.4 Å². The number of pyridine rings is 1. The van der Waals surface area contributed by atoms with Crippen LogP contribution in [-0.2, 0) is 20.4 Å². The van der Waals surface area contributed by atoms with E-state index in [1.807, 2.05) is 6.07 Å². The fourth-order valence-electron chi connectivity index (χ4n) is 6.88. The van der Waals surface area contributed by atoms with E-state index in [0.717, 1.165) is 23.9 Å². The first-order chi connectivity index (χ1) is 29.7. The highest BCUT2D eigenvalue weighted by atomic mass is 32.2. The number of amides is 3. The van der Waals surface area contributed by atoms with Crippen LogP contribution in [0.25, 0.3) is 32.1 Å². The number of aromatic nitrogens is 3. The lowest BCUT2D eigenvalue weighted by Gasteiger charge is -2.33. The number of nitrogens with one attached hydrogen (secondary N) is 1. The predicted molar refractivity (Wildman–Crippen MR) is 232 cm³/mol. The molecule has 1 atom stereocenters. The molecule has 0 saturated carbocycles. The van der Waals surface area contributed by atoms with Gasteiger partial charge in [0.05, 0.1) is 28.2 Å². The summed E-state index contributed by atoms with van der Waals surface area (Å²) in [7, 11) is 0. The molecule has 5 aromatic rings. The van der Waals surface area contributed by atoms with E-state index in [1.165, 1.54) is 17.2 Å². The Balaban J connectivity index is 1.62. The zero-order valence-corrected chi connectivity index (χ0v) is 38.3. The van der Waals surface area contributed by atoms with E-state index in [4.69, 9.17) is 18.9 Å². The average Bonchev–Trinajstić information content (AvgIpc) is 3.42. The Morgan fingerprint density at radius 1 is 0.953 bits per heavy atom.